The Bertz CT molecular complexity index is 466. The number of halogens is 1. The van der Waals surface area contributed by atoms with Gasteiger partial charge >= 0.3 is 0 Å². The van der Waals surface area contributed by atoms with E-state index in [1.807, 2.05) is 6.07 Å². The Kier molecular flexibility index (Phi) is 1.84. The Labute approximate surface area is 82.2 Å². The lowest BCUT2D eigenvalue weighted by Crippen LogP contribution is -2.10. The van der Waals surface area contributed by atoms with E-state index in [0.717, 1.165) is 16.6 Å². The van der Waals surface area contributed by atoms with Gasteiger partial charge in [-0.2, -0.15) is 4.39 Å². The summed E-state index contributed by atoms with van der Waals surface area (Å²) in [4.78, 5) is 6.84. The molecule has 14 heavy (non-hydrogen) atoms. The molecule has 0 aromatic carbocycles. The molecule has 0 spiro atoms. The van der Waals surface area contributed by atoms with E-state index < -0.39 is 5.95 Å². The number of fused-ring (bicyclic) bond motifs is 1. The summed E-state index contributed by atoms with van der Waals surface area (Å²) in [6, 6.07) is 3.42. The monoisotopic (exact) mass is 192 g/mol. The summed E-state index contributed by atoms with van der Waals surface area (Å²) in [6.07, 6.45) is 1.53. The minimum Gasteiger partial charge on any atom is -0.357 e. The first-order chi connectivity index (χ1) is 6.47. The number of hydrogen-bond donors (Lipinski definition) is 1. The van der Waals surface area contributed by atoms with Crippen molar-refractivity contribution >= 4 is 10.9 Å². The highest BCUT2D eigenvalue weighted by Gasteiger charge is 2.16. The number of H-pyrrole nitrogens is 1. The number of nitrogens with zero attached hydrogens (tertiary/aromatic N) is 1. The molecule has 2 aromatic heterocycles. The van der Waals surface area contributed by atoms with Crippen LogP contribution in [0.3, 0.4) is 0 Å². The first-order valence-corrected chi connectivity index (χ1v) is 4.61. The van der Waals surface area contributed by atoms with E-state index in [1.54, 1.807) is 0 Å². The highest BCUT2D eigenvalue weighted by Crippen LogP contribution is 2.25. The molecular weight excluding hydrogens is 179 g/mol. The van der Waals surface area contributed by atoms with Crippen LogP contribution in [0.25, 0.3) is 10.9 Å². The maximum Gasteiger partial charge on any atom is 0.213 e. The van der Waals surface area contributed by atoms with Crippen molar-refractivity contribution in [2.75, 3.05) is 0 Å². The van der Waals surface area contributed by atoms with Crippen molar-refractivity contribution in [2.45, 2.75) is 26.2 Å². The van der Waals surface area contributed by atoms with Crippen molar-refractivity contribution in [2.24, 2.45) is 0 Å². The highest BCUT2D eigenvalue weighted by atomic mass is 19.1. The molecule has 3 heteroatoms. The van der Waals surface area contributed by atoms with Crippen molar-refractivity contribution in [3.63, 3.8) is 0 Å². The van der Waals surface area contributed by atoms with Crippen LogP contribution in [-0.2, 0) is 5.41 Å². The Morgan fingerprint density at radius 3 is 2.64 bits per heavy atom. The smallest absolute Gasteiger partial charge is 0.213 e. The van der Waals surface area contributed by atoms with Crippen molar-refractivity contribution in [1.82, 2.24) is 9.97 Å². The van der Waals surface area contributed by atoms with Gasteiger partial charge in [0.05, 0.1) is 11.7 Å². The van der Waals surface area contributed by atoms with Crippen LogP contribution in [0.2, 0.25) is 0 Å². The van der Waals surface area contributed by atoms with Crippen LogP contribution in [0.1, 0.15) is 26.5 Å². The SMILES string of the molecule is CC(C)(C)c1cc2cc(F)ncc2[nH]1. The molecule has 0 aliphatic carbocycles. The van der Waals surface area contributed by atoms with E-state index in [2.05, 4.69) is 30.7 Å². The van der Waals surface area contributed by atoms with Crippen LogP contribution in [0.5, 0.6) is 0 Å². The second-order valence-electron chi connectivity index (χ2n) is 4.53. The van der Waals surface area contributed by atoms with Gasteiger partial charge in [-0.3, -0.25) is 0 Å². The molecule has 0 saturated carbocycles. The Balaban J connectivity index is 2.63. The maximum atomic E-state index is 12.8. The zero-order valence-electron chi connectivity index (χ0n) is 8.56. The second kappa shape index (κ2) is 2.80. The van der Waals surface area contributed by atoms with Crippen molar-refractivity contribution in [3.8, 4) is 0 Å². The van der Waals surface area contributed by atoms with E-state index in [0.29, 0.717) is 0 Å². The van der Waals surface area contributed by atoms with Crippen LogP contribution in [0, 0.1) is 5.95 Å². The van der Waals surface area contributed by atoms with Crippen molar-refractivity contribution in [1.29, 1.82) is 0 Å². The van der Waals surface area contributed by atoms with Crippen LogP contribution in [0.15, 0.2) is 18.3 Å². The summed E-state index contributed by atoms with van der Waals surface area (Å²) >= 11 is 0. The third-order valence-corrected chi connectivity index (χ3v) is 2.28. The number of nitrogens with one attached hydrogen (secondary N) is 1. The Morgan fingerprint density at radius 2 is 2.00 bits per heavy atom. The summed E-state index contributed by atoms with van der Waals surface area (Å²) in [6.45, 7) is 6.34. The number of rotatable bonds is 0. The fraction of sp³-hybridized carbons (Fsp3) is 0.364. The minimum absolute atomic E-state index is 0.0511. The van der Waals surface area contributed by atoms with Gasteiger partial charge in [0.2, 0.25) is 5.95 Å². The molecule has 0 atom stereocenters. The van der Waals surface area contributed by atoms with E-state index in [1.165, 1.54) is 12.3 Å². The Hall–Kier alpha value is -1.38. The fourth-order valence-corrected chi connectivity index (χ4v) is 1.41. The van der Waals surface area contributed by atoms with Gasteiger partial charge < -0.3 is 4.98 Å². The lowest BCUT2D eigenvalue weighted by atomic mass is 9.92. The zero-order valence-corrected chi connectivity index (χ0v) is 8.56. The van der Waals surface area contributed by atoms with Gasteiger partial charge in [-0.05, 0) is 6.07 Å². The van der Waals surface area contributed by atoms with Crippen LogP contribution >= 0.6 is 0 Å². The van der Waals surface area contributed by atoms with Gasteiger partial charge in [0.25, 0.3) is 0 Å². The molecule has 0 aliphatic rings. The van der Waals surface area contributed by atoms with E-state index in [4.69, 9.17) is 0 Å². The lowest BCUT2D eigenvalue weighted by molar-refractivity contribution is 0.574. The minimum atomic E-state index is -0.433. The average molecular weight is 192 g/mol. The van der Waals surface area contributed by atoms with E-state index in [9.17, 15) is 4.39 Å². The summed E-state index contributed by atoms with van der Waals surface area (Å²) < 4.78 is 12.8. The predicted molar refractivity (Wildman–Crippen MR) is 54.8 cm³/mol. The third-order valence-electron chi connectivity index (χ3n) is 2.28. The maximum absolute atomic E-state index is 12.8. The molecule has 0 saturated heterocycles. The van der Waals surface area contributed by atoms with Gasteiger partial charge in [-0.25, -0.2) is 4.98 Å². The summed E-state index contributed by atoms with van der Waals surface area (Å²) in [5, 5.41) is 0.877. The molecule has 0 radical (unpaired) electrons. The summed E-state index contributed by atoms with van der Waals surface area (Å²) in [5.41, 5.74) is 2.03. The third kappa shape index (κ3) is 1.50. The van der Waals surface area contributed by atoms with Crippen LogP contribution in [0.4, 0.5) is 4.39 Å². The summed E-state index contributed by atoms with van der Waals surface area (Å²) in [7, 11) is 0. The summed E-state index contributed by atoms with van der Waals surface area (Å²) in [5.74, 6) is -0.433. The fourth-order valence-electron chi connectivity index (χ4n) is 1.41. The molecular formula is C11H13FN2. The first-order valence-electron chi connectivity index (χ1n) is 4.61. The average Bonchev–Trinajstić information content (AvgIpc) is 2.45. The predicted octanol–water partition coefficient (Wildman–Crippen LogP) is 3.00. The van der Waals surface area contributed by atoms with Crippen molar-refractivity contribution < 1.29 is 4.39 Å². The first kappa shape index (κ1) is 9.19. The van der Waals surface area contributed by atoms with E-state index >= 15 is 0 Å². The lowest BCUT2D eigenvalue weighted by Gasteiger charge is -2.15. The molecule has 2 rings (SSSR count). The van der Waals surface area contributed by atoms with Gasteiger partial charge in [0, 0.05) is 22.6 Å². The molecule has 0 amide bonds. The number of aromatic amines is 1. The molecule has 0 fully saturated rings. The van der Waals surface area contributed by atoms with Crippen LogP contribution < -0.4 is 0 Å². The molecule has 0 unspecified atom stereocenters. The van der Waals surface area contributed by atoms with Gasteiger partial charge in [-0.1, -0.05) is 20.8 Å². The van der Waals surface area contributed by atoms with Crippen LogP contribution in [-0.4, -0.2) is 9.97 Å². The largest absolute Gasteiger partial charge is 0.357 e. The Morgan fingerprint density at radius 1 is 1.29 bits per heavy atom. The topological polar surface area (TPSA) is 28.7 Å². The molecule has 2 aromatic rings. The molecule has 1 N–H and O–H groups in total. The highest BCUT2D eigenvalue weighted by molar-refractivity contribution is 5.79. The van der Waals surface area contributed by atoms with Gasteiger partial charge in [0.15, 0.2) is 0 Å². The molecule has 74 valence electrons. The molecule has 0 bridgehead atoms. The molecule has 2 nitrogen and oxygen atoms in total. The van der Waals surface area contributed by atoms with Crippen molar-refractivity contribution in [3.05, 3.63) is 30.0 Å². The number of pyridine rings is 1. The zero-order chi connectivity index (χ0) is 10.3. The molecule has 2 heterocycles. The second-order valence-corrected chi connectivity index (χ2v) is 4.53. The standard InChI is InChI=1S/C11H13FN2/c1-11(2,3)9-4-7-5-10(12)13-6-8(7)14-9/h4-6,14H,1-3H3. The van der Waals surface area contributed by atoms with Gasteiger partial charge in [0.1, 0.15) is 0 Å². The normalized spacial score (nSPS) is 12.3. The number of hydrogen-bond acceptors (Lipinski definition) is 1. The van der Waals surface area contributed by atoms with E-state index in [-0.39, 0.29) is 5.41 Å². The number of aromatic nitrogens is 2. The quantitative estimate of drug-likeness (QED) is 0.638. The van der Waals surface area contributed by atoms with Gasteiger partial charge in [-0.15, -0.1) is 0 Å². The molecule has 0 aliphatic heterocycles.